The van der Waals surface area contributed by atoms with Gasteiger partial charge in [0.25, 0.3) is 0 Å². The lowest BCUT2D eigenvalue weighted by Crippen LogP contribution is -2.33. The molecule has 0 radical (unpaired) electrons. The summed E-state index contributed by atoms with van der Waals surface area (Å²) < 4.78 is 25.2. The van der Waals surface area contributed by atoms with Crippen LogP contribution in [0.5, 0.6) is 0 Å². The van der Waals surface area contributed by atoms with E-state index in [-0.39, 0.29) is 12.6 Å². The fourth-order valence-electron chi connectivity index (χ4n) is 2.60. The Balaban J connectivity index is 2.31. The Morgan fingerprint density at radius 1 is 1.32 bits per heavy atom. The van der Waals surface area contributed by atoms with Gasteiger partial charge < -0.3 is 24.5 Å². The average molecular weight is 369 g/mol. The van der Waals surface area contributed by atoms with Crippen molar-refractivity contribution in [2.24, 2.45) is 5.73 Å². The number of nitrogens with zero attached hydrogens (tertiary/aromatic N) is 2. The normalized spacial score (nSPS) is 13.2. The van der Waals surface area contributed by atoms with Gasteiger partial charge in [0, 0.05) is 13.0 Å². The molecule has 0 aliphatic heterocycles. The van der Waals surface area contributed by atoms with Crippen LogP contribution < -0.4 is 5.73 Å². The third kappa shape index (κ3) is 4.89. The number of aliphatic carboxylic acids is 1. The zero-order valence-electron chi connectivity index (χ0n) is 14.4. The molecule has 3 N–H and O–H groups in total. The number of hydrogen-bond acceptors (Lipinski definition) is 6. The van der Waals surface area contributed by atoms with E-state index in [4.69, 9.17) is 19.9 Å². The van der Waals surface area contributed by atoms with Crippen molar-refractivity contribution in [3.8, 4) is 0 Å². The van der Waals surface area contributed by atoms with Crippen LogP contribution in [-0.4, -0.2) is 46.0 Å². The maximum Gasteiger partial charge on any atom is 0.332 e. The van der Waals surface area contributed by atoms with E-state index in [1.165, 1.54) is 0 Å². The van der Waals surface area contributed by atoms with E-state index in [0.717, 1.165) is 11.0 Å². The number of fused-ring (bicyclic) bond motifs is 1. The van der Waals surface area contributed by atoms with Crippen LogP contribution in [0.4, 0.5) is 0 Å². The van der Waals surface area contributed by atoms with Crippen LogP contribution in [0.3, 0.4) is 0 Å². The fraction of sp³-hybridized carbons (Fsp3) is 0.500. The molecular weight excluding hydrogens is 345 g/mol. The Kier molecular flexibility index (Phi) is 6.72. The SMILES string of the molecule is CCOP(=O)(CCn1c(C[C@@H](N)C(=O)O)nc2ccccc21)OCC. The molecule has 1 atom stereocenters. The lowest BCUT2D eigenvalue weighted by atomic mass is 10.2. The van der Waals surface area contributed by atoms with E-state index in [1.807, 2.05) is 28.8 Å². The number of rotatable bonds is 10. The van der Waals surface area contributed by atoms with Crippen molar-refractivity contribution in [2.45, 2.75) is 32.9 Å². The molecule has 1 aromatic carbocycles. The highest BCUT2D eigenvalue weighted by Gasteiger charge is 2.25. The minimum absolute atomic E-state index is 0.0809. The van der Waals surface area contributed by atoms with E-state index in [2.05, 4.69) is 4.98 Å². The van der Waals surface area contributed by atoms with Crippen LogP contribution in [0.1, 0.15) is 19.7 Å². The first kappa shape index (κ1) is 19.6. The van der Waals surface area contributed by atoms with Crippen molar-refractivity contribution in [1.29, 1.82) is 0 Å². The Bertz CT molecular complexity index is 766. The molecule has 138 valence electrons. The van der Waals surface area contributed by atoms with Crippen LogP contribution in [-0.2, 0) is 31.4 Å². The van der Waals surface area contributed by atoms with Crippen molar-refractivity contribution >= 4 is 24.6 Å². The van der Waals surface area contributed by atoms with Crippen LogP contribution in [0, 0.1) is 0 Å². The summed E-state index contributed by atoms with van der Waals surface area (Å²) in [7, 11) is -3.21. The third-order valence-corrected chi connectivity index (χ3v) is 5.75. The molecule has 8 nitrogen and oxygen atoms in total. The summed E-state index contributed by atoms with van der Waals surface area (Å²) in [6.07, 6.45) is 0.252. The highest BCUT2D eigenvalue weighted by atomic mass is 31.2. The van der Waals surface area contributed by atoms with Gasteiger partial charge in [0.1, 0.15) is 11.9 Å². The largest absolute Gasteiger partial charge is 0.480 e. The number of carboxylic acid groups (broad SMARTS) is 1. The molecule has 1 heterocycles. The van der Waals surface area contributed by atoms with Gasteiger partial charge in [-0.15, -0.1) is 0 Å². The number of carboxylic acids is 1. The average Bonchev–Trinajstić information content (AvgIpc) is 2.90. The fourth-order valence-corrected chi connectivity index (χ4v) is 4.16. The molecule has 0 bridgehead atoms. The molecule has 0 spiro atoms. The van der Waals surface area contributed by atoms with Crippen molar-refractivity contribution in [3.63, 3.8) is 0 Å². The summed E-state index contributed by atoms with van der Waals surface area (Å²) >= 11 is 0. The monoisotopic (exact) mass is 369 g/mol. The van der Waals surface area contributed by atoms with E-state index < -0.39 is 19.6 Å². The van der Waals surface area contributed by atoms with Crippen molar-refractivity contribution < 1.29 is 23.5 Å². The zero-order chi connectivity index (χ0) is 18.4. The number of para-hydroxylation sites is 2. The van der Waals surface area contributed by atoms with Crippen LogP contribution in [0.25, 0.3) is 11.0 Å². The van der Waals surface area contributed by atoms with Gasteiger partial charge in [-0.3, -0.25) is 9.36 Å². The third-order valence-electron chi connectivity index (χ3n) is 3.70. The quantitative estimate of drug-likeness (QED) is 0.617. The molecule has 0 fully saturated rings. The van der Waals surface area contributed by atoms with Gasteiger partial charge in [-0.2, -0.15) is 0 Å². The van der Waals surface area contributed by atoms with E-state index in [9.17, 15) is 9.36 Å². The molecule has 25 heavy (non-hydrogen) atoms. The summed E-state index contributed by atoms with van der Waals surface area (Å²) in [6.45, 7) is 4.43. The minimum atomic E-state index is -3.21. The first-order valence-electron chi connectivity index (χ1n) is 8.21. The van der Waals surface area contributed by atoms with E-state index in [0.29, 0.717) is 25.6 Å². The molecule has 0 saturated heterocycles. The van der Waals surface area contributed by atoms with Crippen molar-refractivity contribution in [1.82, 2.24) is 9.55 Å². The van der Waals surface area contributed by atoms with Gasteiger partial charge in [0.05, 0.1) is 30.4 Å². The maximum absolute atomic E-state index is 12.7. The second kappa shape index (κ2) is 8.58. The maximum atomic E-state index is 12.7. The van der Waals surface area contributed by atoms with Gasteiger partial charge in [0.2, 0.25) is 0 Å². The molecule has 0 aliphatic carbocycles. The van der Waals surface area contributed by atoms with Gasteiger partial charge in [-0.05, 0) is 26.0 Å². The summed E-state index contributed by atoms with van der Waals surface area (Å²) in [5, 5.41) is 9.06. The molecule has 0 amide bonds. The van der Waals surface area contributed by atoms with Gasteiger partial charge in [-0.1, -0.05) is 12.1 Å². The van der Waals surface area contributed by atoms with Gasteiger partial charge in [-0.25, -0.2) is 4.98 Å². The Morgan fingerprint density at radius 3 is 2.56 bits per heavy atom. The standard InChI is InChI=1S/C16H24N3O5P/c1-3-23-25(22,24-4-2)10-9-19-14-8-6-5-7-13(14)18-15(19)11-12(17)16(20)21/h5-8,12H,3-4,9-11,17H2,1-2H3,(H,20,21)/t12-/m1/s1. The first-order chi connectivity index (χ1) is 11.9. The number of nitrogens with two attached hydrogens (primary N) is 1. The molecule has 2 rings (SSSR count). The molecule has 0 aliphatic rings. The molecule has 9 heteroatoms. The number of hydrogen-bond donors (Lipinski definition) is 2. The number of aryl methyl sites for hydroxylation is 1. The highest BCUT2D eigenvalue weighted by Crippen LogP contribution is 2.48. The zero-order valence-corrected chi connectivity index (χ0v) is 15.3. The lowest BCUT2D eigenvalue weighted by Gasteiger charge is -2.18. The highest BCUT2D eigenvalue weighted by molar-refractivity contribution is 7.53. The van der Waals surface area contributed by atoms with Crippen molar-refractivity contribution in [2.75, 3.05) is 19.4 Å². The number of imidazole rings is 1. The molecule has 0 saturated carbocycles. The lowest BCUT2D eigenvalue weighted by molar-refractivity contribution is -0.138. The second-order valence-electron chi connectivity index (χ2n) is 5.49. The Morgan fingerprint density at radius 2 is 1.96 bits per heavy atom. The Hall–Kier alpha value is -1.73. The van der Waals surface area contributed by atoms with Gasteiger partial charge in [0.15, 0.2) is 0 Å². The summed E-state index contributed by atoms with van der Waals surface area (Å²) in [4.78, 5) is 15.5. The predicted molar refractivity (Wildman–Crippen MR) is 94.8 cm³/mol. The van der Waals surface area contributed by atoms with Crippen molar-refractivity contribution in [3.05, 3.63) is 30.1 Å². The number of carbonyl (C=O) groups is 1. The van der Waals surface area contributed by atoms with E-state index >= 15 is 0 Å². The minimum Gasteiger partial charge on any atom is -0.480 e. The molecule has 1 aromatic heterocycles. The smallest absolute Gasteiger partial charge is 0.332 e. The Labute approximate surface area is 146 Å². The molecule has 2 aromatic rings. The van der Waals surface area contributed by atoms with E-state index in [1.54, 1.807) is 13.8 Å². The first-order valence-corrected chi connectivity index (χ1v) is 9.93. The number of benzene rings is 1. The predicted octanol–water partition coefficient (Wildman–Crippen LogP) is 2.26. The summed E-state index contributed by atoms with van der Waals surface area (Å²) in [6, 6.07) is 6.38. The number of aromatic nitrogens is 2. The molecular formula is C16H24N3O5P. The summed E-state index contributed by atoms with van der Waals surface area (Å²) in [5.74, 6) is -0.552. The topological polar surface area (TPSA) is 117 Å². The van der Waals surface area contributed by atoms with Crippen LogP contribution >= 0.6 is 7.60 Å². The van der Waals surface area contributed by atoms with Gasteiger partial charge >= 0.3 is 13.6 Å². The van der Waals surface area contributed by atoms with Crippen LogP contribution in [0.15, 0.2) is 24.3 Å². The van der Waals surface area contributed by atoms with Crippen LogP contribution in [0.2, 0.25) is 0 Å². The molecule has 0 unspecified atom stereocenters. The summed E-state index contributed by atoms with van der Waals surface area (Å²) in [5.41, 5.74) is 7.22. The second-order valence-corrected chi connectivity index (χ2v) is 7.67.